The van der Waals surface area contributed by atoms with Gasteiger partial charge in [0.1, 0.15) is 12.2 Å². The summed E-state index contributed by atoms with van der Waals surface area (Å²) in [6.45, 7) is 11.1. The summed E-state index contributed by atoms with van der Waals surface area (Å²) in [6, 6.07) is 0. The smallest absolute Gasteiger partial charge is 0.334 e. The van der Waals surface area contributed by atoms with Crippen LogP contribution in [0.2, 0.25) is 0 Å². The molecule has 2 fully saturated rings. The number of hydrogen-bond donors (Lipinski definition) is 1. The van der Waals surface area contributed by atoms with Crippen molar-refractivity contribution in [1.82, 2.24) is 0 Å². The Morgan fingerprint density at radius 3 is 2.80 bits per heavy atom. The minimum absolute atomic E-state index is 0.103. The lowest BCUT2D eigenvalue weighted by Gasteiger charge is -2.29. The summed E-state index contributed by atoms with van der Waals surface area (Å²) in [7, 11) is 0. The largest absolute Gasteiger partial charge is 0.461 e. The van der Waals surface area contributed by atoms with Crippen LogP contribution in [0.15, 0.2) is 23.8 Å². The van der Waals surface area contributed by atoms with Crippen molar-refractivity contribution in [2.24, 2.45) is 11.8 Å². The average Bonchev–Trinajstić information content (AvgIpc) is 3.04. The van der Waals surface area contributed by atoms with E-state index in [1.165, 1.54) is 0 Å². The molecule has 0 unspecified atom stereocenters. The van der Waals surface area contributed by atoms with Crippen molar-refractivity contribution in [2.75, 3.05) is 0 Å². The molecule has 2 aliphatic heterocycles. The molecule has 0 amide bonds. The number of esters is 2. The van der Waals surface area contributed by atoms with Gasteiger partial charge in [-0.25, -0.2) is 4.79 Å². The van der Waals surface area contributed by atoms with E-state index in [0.29, 0.717) is 24.0 Å². The number of carbonyl (C=O) groups excluding carboxylic acids is 2. The van der Waals surface area contributed by atoms with Crippen LogP contribution >= 0.6 is 0 Å². The molecule has 25 heavy (non-hydrogen) atoms. The fourth-order valence-corrected chi connectivity index (χ4v) is 3.63. The third-order valence-electron chi connectivity index (χ3n) is 5.43. The van der Waals surface area contributed by atoms with E-state index in [4.69, 9.17) is 14.2 Å². The summed E-state index contributed by atoms with van der Waals surface area (Å²) in [6.07, 6.45) is 0.727. The van der Waals surface area contributed by atoms with E-state index in [-0.39, 0.29) is 18.0 Å². The van der Waals surface area contributed by atoms with Gasteiger partial charge in [0.05, 0.1) is 29.6 Å². The normalized spacial score (nSPS) is 42.8. The second kappa shape index (κ2) is 6.25. The Hall–Kier alpha value is -1.66. The molecule has 2 heterocycles. The van der Waals surface area contributed by atoms with Crippen LogP contribution in [0.3, 0.4) is 0 Å². The van der Waals surface area contributed by atoms with Crippen molar-refractivity contribution >= 4 is 11.9 Å². The van der Waals surface area contributed by atoms with E-state index < -0.39 is 35.8 Å². The Labute approximate surface area is 147 Å². The maximum Gasteiger partial charge on any atom is 0.334 e. The van der Waals surface area contributed by atoms with Gasteiger partial charge in [-0.05, 0) is 25.5 Å². The van der Waals surface area contributed by atoms with Crippen LogP contribution in [0.4, 0.5) is 0 Å². The molecular formula is C19H26O6. The molecule has 6 atom stereocenters. The van der Waals surface area contributed by atoms with E-state index in [0.717, 1.165) is 0 Å². The standard InChI is InChI=1S/C19H26O6/c1-9(2)17(21)24-14-8-19(5)15(25-19)7-12(20)10(3)6-13-16(14)11(4)18(22)23-13/h6,9,12-16,20H,4,7-8H2,1-3,5H3/b10-6-/t12-,13-,14+,15+,16+,19-/m0/s1. The summed E-state index contributed by atoms with van der Waals surface area (Å²) in [5.74, 6) is -1.56. The van der Waals surface area contributed by atoms with Crippen LogP contribution < -0.4 is 0 Å². The fraction of sp³-hybridized carbons (Fsp3) is 0.684. The average molecular weight is 350 g/mol. The van der Waals surface area contributed by atoms with Crippen LogP contribution in [0.5, 0.6) is 0 Å². The molecule has 0 aromatic rings. The van der Waals surface area contributed by atoms with E-state index >= 15 is 0 Å². The SMILES string of the molecule is C=C1C(=O)O[C@H]2/C=C(/C)[C@@H](O)C[C@H]3O[C@@]3(C)C[C@@H](OC(=O)C(C)C)[C@H]12. The first-order valence-electron chi connectivity index (χ1n) is 8.77. The van der Waals surface area contributed by atoms with Gasteiger partial charge in [-0.1, -0.05) is 20.4 Å². The quantitative estimate of drug-likeness (QED) is 0.354. The molecule has 6 nitrogen and oxygen atoms in total. The highest BCUT2D eigenvalue weighted by molar-refractivity contribution is 5.91. The first kappa shape index (κ1) is 18.1. The topological polar surface area (TPSA) is 85.4 Å². The second-order valence-corrected chi connectivity index (χ2v) is 7.84. The van der Waals surface area contributed by atoms with Crippen molar-refractivity contribution in [1.29, 1.82) is 0 Å². The number of aliphatic hydroxyl groups is 1. The van der Waals surface area contributed by atoms with Crippen molar-refractivity contribution in [3.63, 3.8) is 0 Å². The fourth-order valence-electron chi connectivity index (χ4n) is 3.63. The molecule has 0 aromatic carbocycles. The lowest BCUT2D eigenvalue weighted by Crippen LogP contribution is -2.38. The Morgan fingerprint density at radius 1 is 1.48 bits per heavy atom. The molecule has 3 aliphatic rings. The summed E-state index contributed by atoms with van der Waals surface area (Å²) in [5, 5.41) is 10.4. The third kappa shape index (κ3) is 3.37. The molecule has 138 valence electrons. The lowest BCUT2D eigenvalue weighted by molar-refractivity contribution is -0.157. The van der Waals surface area contributed by atoms with E-state index in [2.05, 4.69) is 6.58 Å². The van der Waals surface area contributed by atoms with Gasteiger partial charge in [-0.15, -0.1) is 0 Å². The minimum atomic E-state index is -0.658. The molecule has 0 spiro atoms. The predicted octanol–water partition coefficient (Wildman–Crippen LogP) is 1.91. The predicted molar refractivity (Wildman–Crippen MR) is 89.5 cm³/mol. The molecular weight excluding hydrogens is 324 g/mol. The maximum atomic E-state index is 12.2. The molecule has 3 rings (SSSR count). The van der Waals surface area contributed by atoms with Gasteiger partial charge in [0.25, 0.3) is 0 Å². The van der Waals surface area contributed by atoms with Gasteiger partial charge >= 0.3 is 11.9 Å². The number of aliphatic hydroxyl groups excluding tert-OH is 1. The van der Waals surface area contributed by atoms with Gasteiger partial charge in [0.2, 0.25) is 0 Å². The van der Waals surface area contributed by atoms with Crippen LogP contribution in [0.1, 0.15) is 40.5 Å². The molecule has 1 N–H and O–H groups in total. The highest BCUT2D eigenvalue weighted by Crippen LogP contribution is 2.47. The van der Waals surface area contributed by atoms with E-state index in [9.17, 15) is 14.7 Å². The summed E-state index contributed by atoms with van der Waals surface area (Å²) >= 11 is 0. The molecule has 1 aliphatic carbocycles. The van der Waals surface area contributed by atoms with Crippen LogP contribution in [0.25, 0.3) is 0 Å². The Kier molecular flexibility index (Phi) is 4.54. The minimum Gasteiger partial charge on any atom is -0.461 e. The molecule has 0 radical (unpaired) electrons. The van der Waals surface area contributed by atoms with Crippen LogP contribution in [-0.4, -0.2) is 47.1 Å². The second-order valence-electron chi connectivity index (χ2n) is 7.84. The molecule has 0 bridgehead atoms. The number of fused-ring (bicyclic) bond motifs is 2. The first-order valence-corrected chi connectivity index (χ1v) is 8.77. The van der Waals surface area contributed by atoms with Gasteiger partial charge in [0.15, 0.2) is 0 Å². The van der Waals surface area contributed by atoms with Crippen molar-refractivity contribution in [3.8, 4) is 0 Å². The number of hydrogen-bond acceptors (Lipinski definition) is 6. The molecule has 0 aromatic heterocycles. The Balaban J connectivity index is 1.97. The molecule has 6 heteroatoms. The highest BCUT2D eigenvalue weighted by atomic mass is 16.6. The highest BCUT2D eigenvalue weighted by Gasteiger charge is 2.57. The number of rotatable bonds is 2. The zero-order valence-corrected chi connectivity index (χ0v) is 15.2. The monoisotopic (exact) mass is 350 g/mol. The van der Waals surface area contributed by atoms with Crippen molar-refractivity contribution < 1.29 is 28.9 Å². The van der Waals surface area contributed by atoms with Crippen molar-refractivity contribution in [2.45, 2.75) is 70.6 Å². The molecule has 0 saturated carbocycles. The van der Waals surface area contributed by atoms with E-state index in [1.807, 2.05) is 6.92 Å². The van der Waals surface area contributed by atoms with Gasteiger partial charge in [-0.2, -0.15) is 0 Å². The Morgan fingerprint density at radius 2 is 2.16 bits per heavy atom. The van der Waals surface area contributed by atoms with Gasteiger partial charge in [0, 0.05) is 18.4 Å². The summed E-state index contributed by atoms with van der Waals surface area (Å²) < 4.78 is 17.0. The zero-order valence-electron chi connectivity index (χ0n) is 15.2. The van der Waals surface area contributed by atoms with Crippen molar-refractivity contribution in [3.05, 3.63) is 23.8 Å². The Bertz CT molecular complexity index is 636. The van der Waals surface area contributed by atoms with E-state index in [1.54, 1.807) is 26.8 Å². The zero-order chi connectivity index (χ0) is 18.5. The number of epoxide rings is 1. The maximum absolute atomic E-state index is 12.2. The lowest BCUT2D eigenvalue weighted by atomic mass is 9.82. The van der Waals surface area contributed by atoms with Gasteiger partial charge in [-0.3, -0.25) is 4.79 Å². The third-order valence-corrected chi connectivity index (χ3v) is 5.43. The van der Waals surface area contributed by atoms with Crippen LogP contribution in [0, 0.1) is 11.8 Å². The van der Waals surface area contributed by atoms with Gasteiger partial charge < -0.3 is 19.3 Å². The first-order chi connectivity index (χ1) is 11.6. The number of carbonyl (C=O) groups is 2. The van der Waals surface area contributed by atoms with Crippen LogP contribution in [-0.2, 0) is 23.8 Å². The molecule has 2 saturated heterocycles. The summed E-state index contributed by atoms with van der Waals surface area (Å²) in [5.41, 5.74) is 0.523. The summed E-state index contributed by atoms with van der Waals surface area (Å²) in [4.78, 5) is 24.3. The number of ether oxygens (including phenoxy) is 3.